The number of aliphatic imine (C=N–C) groups is 1. The zero-order valence-corrected chi connectivity index (χ0v) is 19.0. The van der Waals surface area contributed by atoms with Crippen molar-refractivity contribution < 1.29 is 9.76 Å². The van der Waals surface area contributed by atoms with Gasteiger partial charge in [-0.2, -0.15) is 0 Å². The van der Waals surface area contributed by atoms with E-state index in [-0.39, 0.29) is 27.7 Å². The molecule has 4 atom stereocenters. The molecule has 1 spiro atoms. The highest BCUT2D eigenvalue weighted by Gasteiger charge is 2.67. The molecule has 0 amide bonds. The van der Waals surface area contributed by atoms with Crippen molar-refractivity contribution in [2.45, 2.75) is 57.6 Å². The standard InChI is InChI=1S/C26H28N4O3/c1-25(2)17-10-11-18(13-17)26(25)15-24(29-33-26)23-14-22(16-6-5-7-19(12-16)30(31)32)27-20-8-3-4-9-21(20)28-23/h3-9,12,17-18,22,27H,10-11,13-15H2,1-2H3/t17-,18+,22?,26?/m1/s1. The minimum Gasteiger partial charge on any atom is -0.388 e. The number of nitrogens with one attached hydrogen (secondary N) is 1. The van der Waals surface area contributed by atoms with Crippen molar-refractivity contribution in [3.63, 3.8) is 0 Å². The number of fused-ring (bicyclic) bond motifs is 4. The smallest absolute Gasteiger partial charge is 0.269 e. The third-order valence-corrected chi connectivity index (χ3v) is 8.66. The summed E-state index contributed by atoms with van der Waals surface area (Å²) in [6, 6.07) is 14.6. The highest BCUT2D eigenvalue weighted by molar-refractivity contribution is 6.43. The summed E-state index contributed by atoms with van der Waals surface area (Å²) in [6.07, 6.45) is 5.09. The Hall–Kier alpha value is -3.22. The second-order valence-corrected chi connectivity index (χ2v) is 10.5. The van der Waals surface area contributed by atoms with Crippen LogP contribution in [0.4, 0.5) is 17.1 Å². The van der Waals surface area contributed by atoms with Crippen LogP contribution in [0.25, 0.3) is 0 Å². The van der Waals surface area contributed by atoms with E-state index in [0.29, 0.717) is 18.3 Å². The molecule has 2 unspecified atom stereocenters. The summed E-state index contributed by atoms with van der Waals surface area (Å²) in [5, 5.41) is 19.6. The van der Waals surface area contributed by atoms with Crippen molar-refractivity contribution in [2.75, 3.05) is 5.32 Å². The summed E-state index contributed by atoms with van der Waals surface area (Å²) in [7, 11) is 0. The molecule has 2 aliphatic carbocycles. The van der Waals surface area contributed by atoms with E-state index in [4.69, 9.17) is 9.83 Å². The number of hydrogen-bond donors (Lipinski definition) is 1. The van der Waals surface area contributed by atoms with Crippen LogP contribution in [0.15, 0.2) is 58.7 Å². The molecule has 6 rings (SSSR count). The van der Waals surface area contributed by atoms with Gasteiger partial charge in [-0.05, 0) is 42.9 Å². The number of nitro groups is 1. The molecule has 2 aliphatic heterocycles. The van der Waals surface area contributed by atoms with Crippen molar-refractivity contribution in [3.05, 3.63) is 64.2 Å². The molecule has 0 aromatic heterocycles. The molecule has 7 heteroatoms. The van der Waals surface area contributed by atoms with Gasteiger partial charge in [0, 0.05) is 36.3 Å². The third kappa shape index (κ3) is 3.01. The fourth-order valence-electron chi connectivity index (χ4n) is 6.66. The SMILES string of the molecule is CC1(C)[C@@H]2CC[C@@H](C2)C12CC(C1=Nc3ccccc3NC(c3cccc([N+](=O)[O-])c3)C1)=NO2. The van der Waals surface area contributed by atoms with Gasteiger partial charge in [0.2, 0.25) is 0 Å². The molecule has 33 heavy (non-hydrogen) atoms. The molecule has 0 radical (unpaired) electrons. The second kappa shape index (κ2) is 7.14. The number of para-hydroxylation sites is 2. The predicted molar refractivity (Wildman–Crippen MR) is 128 cm³/mol. The fraction of sp³-hybridized carbons (Fsp3) is 0.462. The van der Waals surface area contributed by atoms with E-state index in [1.54, 1.807) is 12.1 Å². The van der Waals surface area contributed by atoms with Crippen molar-refractivity contribution in [1.29, 1.82) is 0 Å². The maximum atomic E-state index is 11.4. The zero-order chi connectivity index (χ0) is 22.8. The first-order chi connectivity index (χ1) is 15.9. The van der Waals surface area contributed by atoms with E-state index in [9.17, 15) is 10.1 Å². The molecule has 2 fully saturated rings. The quantitative estimate of drug-likeness (QED) is 0.451. The molecular weight excluding hydrogens is 416 g/mol. The lowest BCUT2D eigenvalue weighted by atomic mass is 9.63. The number of hydrogen-bond acceptors (Lipinski definition) is 6. The lowest BCUT2D eigenvalue weighted by Crippen LogP contribution is -2.49. The van der Waals surface area contributed by atoms with Gasteiger partial charge in [0.05, 0.1) is 28.1 Å². The topological polar surface area (TPSA) is 89.1 Å². The first kappa shape index (κ1) is 20.4. The van der Waals surface area contributed by atoms with Crippen molar-refractivity contribution in [1.82, 2.24) is 0 Å². The fourth-order valence-corrected chi connectivity index (χ4v) is 6.66. The minimum atomic E-state index is -0.348. The van der Waals surface area contributed by atoms with E-state index in [1.807, 2.05) is 30.3 Å². The number of non-ortho nitro benzene ring substituents is 1. The van der Waals surface area contributed by atoms with E-state index >= 15 is 0 Å². The Labute approximate surface area is 193 Å². The Balaban J connectivity index is 1.36. The summed E-state index contributed by atoms with van der Waals surface area (Å²) in [5.41, 5.74) is 4.40. The van der Waals surface area contributed by atoms with Crippen LogP contribution in [0, 0.1) is 27.4 Å². The van der Waals surface area contributed by atoms with Gasteiger partial charge in [0.1, 0.15) is 5.71 Å². The van der Waals surface area contributed by atoms with E-state index < -0.39 is 0 Å². The molecule has 2 heterocycles. The van der Waals surface area contributed by atoms with Gasteiger partial charge in [-0.3, -0.25) is 10.1 Å². The first-order valence-electron chi connectivity index (χ1n) is 11.8. The number of anilines is 1. The summed E-state index contributed by atoms with van der Waals surface area (Å²) in [6.45, 7) is 4.68. The number of oxime groups is 1. The summed E-state index contributed by atoms with van der Waals surface area (Å²) in [5.74, 6) is 1.23. The monoisotopic (exact) mass is 444 g/mol. The molecule has 0 saturated heterocycles. The van der Waals surface area contributed by atoms with Crippen molar-refractivity contribution in [2.24, 2.45) is 27.4 Å². The predicted octanol–water partition coefficient (Wildman–Crippen LogP) is 6.20. The maximum absolute atomic E-state index is 11.4. The molecule has 2 aromatic rings. The Kier molecular flexibility index (Phi) is 4.41. The highest BCUT2D eigenvalue weighted by atomic mass is 16.7. The van der Waals surface area contributed by atoms with Crippen molar-refractivity contribution >= 4 is 28.5 Å². The van der Waals surface area contributed by atoms with Gasteiger partial charge in [-0.25, -0.2) is 4.99 Å². The number of benzene rings is 2. The van der Waals surface area contributed by atoms with Gasteiger partial charge in [-0.15, -0.1) is 0 Å². The number of nitro benzene ring substituents is 1. The average Bonchev–Trinajstić information content (AvgIpc) is 3.48. The maximum Gasteiger partial charge on any atom is 0.269 e. The average molecular weight is 445 g/mol. The van der Waals surface area contributed by atoms with Gasteiger partial charge in [-0.1, -0.05) is 43.3 Å². The number of nitrogens with zero attached hydrogens (tertiary/aromatic N) is 3. The van der Waals surface area contributed by atoms with Crippen LogP contribution in [0.2, 0.25) is 0 Å². The lowest BCUT2D eigenvalue weighted by molar-refractivity contribution is -0.384. The van der Waals surface area contributed by atoms with Crippen LogP contribution in [0.3, 0.4) is 0 Å². The molecule has 4 aliphatic rings. The molecule has 7 nitrogen and oxygen atoms in total. The summed E-state index contributed by atoms with van der Waals surface area (Å²) >= 11 is 0. The molecule has 2 bridgehead atoms. The number of rotatable bonds is 3. The largest absolute Gasteiger partial charge is 0.388 e. The molecule has 2 aromatic carbocycles. The van der Waals surface area contributed by atoms with Gasteiger partial charge >= 0.3 is 0 Å². The normalized spacial score (nSPS) is 31.3. The summed E-state index contributed by atoms with van der Waals surface area (Å²) < 4.78 is 0. The Morgan fingerprint density at radius 2 is 1.91 bits per heavy atom. The van der Waals surface area contributed by atoms with Crippen LogP contribution >= 0.6 is 0 Å². The molecule has 170 valence electrons. The van der Waals surface area contributed by atoms with Crippen LogP contribution in [-0.4, -0.2) is 21.9 Å². The van der Waals surface area contributed by atoms with Crippen LogP contribution in [0.5, 0.6) is 0 Å². The zero-order valence-electron chi connectivity index (χ0n) is 19.0. The van der Waals surface area contributed by atoms with Crippen LogP contribution < -0.4 is 5.32 Å². The van der Waals surface area contributed by atoms with E-state index in [1.165, 1.54) is 25.3 Å². The Morgan fingerprint density at radius 1 is 1.09 bits per heavy atom. The third-order valence-electron chi connectivity index (χ3n) is 8.66. The van der Waals surface area contributed by atoms with Crippen LogP contribution in [0.1, 0.15) is 57.6 Å². The Bertz CT molecular complexity index is 1200. The minimum absolute atomic E-state index is 0.0854. The van der Waals surface area contributed by atoms with Gasteiger partial charge < -0.3 is 10.2 Å². The second-order valence-electron chi connectivity index (χ2n) is 10.5. The molecule has 1 N–H and O–H groups in total. The van der Waals surface area contributed by atoms with Gasteiger partial charge in [0.25, 0.3) is 5.69 Å². The van der Waals surface area contributed by atoms with Gasteiger partial charge in [0.15, 0.2) is 5.60 Å². The summed E-state index contributed by atoms with van der Waals surface area (Å²) in [4.78, 5) is 22.4. The van der Waals surface area contributed by atoms with E-state index in [2.05, 4.69) is 24.3 Å². The highest BCUT2D eigenvalue weighted by Crippen LogP contribution is 2.65. The van der Waals surface area contributed by atoms with Crippen molar-refractivity contribution in [3.8, 4) is 0 Å². The Morgan fingerprint density at radius 3 is 2.70 bits per heavy atom. The molecular formula is C26H28N4O3. The van der Waals surface area contributed by atoms with E-state index in [0.717, 1.165) is 34.8 Å². The first-order valence-corrected chi connectivity index (χ1v) is 11.8. The molecule has 2 saturated carbocycles. The lowest BCUT2D eigenvalue weighted by Gasteiger charge is -2.44. The van der Waals surface area contributed by atoms with Crippen LogP contribution in [-0.2, 0) is 4.84 Å².